The van der Waals surface area contributed by atoms with Gasteiger partial charge in [-0.1, -0.05) is 25.4 Å². The minimum absolute atomic E-state index is 0.0756. The molecule has 1 aromatic heterocycles. The third-order valence-corrected chi connectivity index (χ3v) is 3.19. The number of fused-ring (bicyclic) bond motifs is 1. The SMILES string of the molecule is CC(C)CCc1cc(=O)oc2cc(O)c(Cl)cc12. The van der Waals surface area contributed by atoms with E-state index in [0.717, 1.165) is 23.8 Å². The summed E-state index contributed by atoms with van der Waals surface area (Å²) >= 11 is 5.89. The Kier molecular flexibility index (Phi) is 3.62. The van der Waals surface area contributed by atoms with Gasteiger partial charge in [0.2, 0.25) is 0 Å². The van der Waals surface area contributed by atoms with E-state index in [1.54, 1.807) is 6.07 Å². The van der Waals surface area contributed by atoms with Crippen LogP contribution in [0.5, 0.6) is 5.75 Å². The van der Waals surface area contributed by atoms with Crippen LogP contribution in [0.4, 0.5) is 0 Å². The number of hydrogen-bond acceptors (Lipinski definition) is 3. The molecule has 0 spiro atoms. The van der Waals surface area contributed by atoms with Crippen molar-refractivity contribution in [2.75, 3.05) is 0 Å². The Hall–Kier alpha value is -1.48. The van der Waals surface area contributed by atoms with Crippen molar-refractivity contribution in [2.24, 2.45) is 5.92 Å². The van der Waals surface area contributed by atoms with E-state index in [2.05, 4.69) is 13.8 Å². The Labute approximate surface area is 110 Å². The fourth-order valence-electron chi connectivity index (χ4n) is 1.89. The number of aryl methyl sites for hydroxylation is 1. The second kappa shape index (κ2) is 5.02. The second-order valence-corrected chi connectivity index (χ2v) is 5.23. The van der Waals surface area contributed by atoms with E-state index in [-0.39, 0.29) is 10.8 Å². The molecule has 1 heterocycles. The zero-order valence-corrected chi connectivity index (χ0v) is 11.1. The van der Waals surface area contributed by atoms with Crippen molar-refractivity contribution in [1.29, 1.82) is 0 Å². The van der Waals surface area contributed by atoms with Crippen LogP contribution >= 0.6 is 11.6 Å². The van der Waals surface area contributed by atoms with Crippen LogP contribution in [0.25, 0.3) is 11.0 Å². The molecule has 2 aromatic rings. The quantitative estimate of drug-likeness (QED) is 0.861. The van der Waals surface area contributed by atoms with Crippen LogP contribution in [0, 0.1) is 5.92 Å². The van der Waals surface area contributed by atoms with Crippen LogP contribution in [-0.4, -0.2) is 5.11 Å². The highest BCUT2D eigenvalue weighted by atomic mass is 35.5. The predicted octanol–water partition coefficient (Wildman–Crippen LogP) is 3.74. The number of phenols is 1. The molecule has 0 saturated heterocycles. The summed E-state index contributed by atoms with van der Waals surface area (Å²) in [7, 11) is 0. The Morgan fingerprint density at radius 1 is 1.33 bits per heavy atom. The lowest BCUT2D eigenvalue weighted by Crippen LogP contribution is -2.02. The van der Waals surface area contributed by atoms with Crippen LogP contribution in [0.15, 0.2) is 27.4 Å². The molecule has 1 N–H and O–H groups in total. The molecular weight excluding hydrogens is 252 g/mol. The molecule has 3 nitrogen and oxygen atoms in total. The molecule has 0 aliphatic heterocycles. The molecule has 0 amide bonds. The topological polar surface area (TPSA) is 50.4 Å². The van der Waals surface area contributed by atoms with Gasteiger partial charge in [0.1, 0.15) is 11.3 Å². The third kappa shape index (κ3) is 2.67. The van der Waals surface area contributed by atoms with Gasteiger partial charge < -0.3 is 9.52 Å². The summed E-state index contributed by atoms with van der Waals surface area (Å²) in [6.07, 6.45) is 1.78. The van der Waals surface area contributed by atoms with Crippen molar-refractivity contribution in [2.45, 2.75) is 26.7 Å². The van der Waals surface area contributed by atoms with Crippen molar-refractivity contribution in [3.05, 3.63) is 39.2 Å². The Balaban J connectivity index is 2.57. The zero-order chi connectivity index (χ0) is 13.3. The molecule has 0 aliphatic carbocycles. The van der Waals surface area contributed by atoms with E-state index in [4.69, 9.17) is 16.0 Å². The first-order valence-corrected chi connectivity index (χ1v) is 6.30. The first-order valence-electron chi connectivity index (χ1n) is 5.92. The van der Waals surface area contributed by atoms with Crippen LogP contribution in [-0.2, 0) is 6.42 Å². The molecule has 0 fully saturated rings. The monoisotopic (exact) mass is 266 g/mol. The predicted molar refractivity (Wildman–Crippen MR) is 72.3 cm³/mol. The molecule has 18 heavy (non-hydrogen) atoms. The summed E-state index contributed by atoms with van der Waals surface area (Å²) in [5, 5.41) is 10.6. The fraction of sp³-hybridized carbons (Fsp3) is 0.357. The lowest BCUT2D eigenvalue weighted by Gasteiger charge is -2.08. The summed E-state index contributed by atoms with van der Waals surface area (Å²) in [5.74, 6) is 0.480. The van der Waals surface area contributed by atoms with E-state index in [1.807, 2.05) is 0 Å². The summed E-state index contributed by atoms with van der Waals surface area (Å²) in [4.78, 5) is 11.5. The van der Waals surface area contributed by atoms with Gasteiger partial charge in [0.05, 0.1) is 5.02 Å². The summed E-state index contributed by atoms with van der Waals surface area (Å²) < 4.78 is 5.07. The number of benzene rings is 1. The number of rotatable bonds is 3. The van der Waals surface area contributed by atoms with E-state index in [0.29, 0.717) is 11.5 Å². The average molecular weight is 267 g/mol. The zero-order valence-electron chi connectivity index (χ0n) is 10.4. The van der Waals surface area contributed by atoms with Gasteiger partial charge >= 0.3 is 5.63 Å². The minimum Gasteiger partial charge on any atom is -0.506 e. The van der Waals surface area contributed by atoms with Crippen LogP contribution in [0.1, 0.15) is 25.8 Å². The molecule has 2 rings (SSSR count). The highest BCUT2D eigenvalue weighted by Gasteiger charge is 2.10. The molecular formula is C14H15ClO3. The maximum absolute atomic E-state index is 11.5. The van der Waals surface area contributed by atoms with Gasteiger partial charge in [0.15, 0.2) is 0 Å². The number of halogens is 1. The van der Waals surface area contributed by atoms with Gasteiger partial charge in [-0.05, 0) is 30.4 Å². The van der Waals surface area contributed by atoms with Crippen molar-refractivity contribution >= 4 is 22.6 Å². The Morgan fingerprint density at radius 3 is 2.72 bits per heavy atom. The van der Waals surface area contributed by atoms with Crippen molar-refractivity contribution in [3.63, 3.8) is 0 Å². The summed E-state index contributed by atoms with van der Waals surface area (Å²) in [5.41, 5.74) is 0.892. The first kappa shape index (κ1) is 13.0. The van der Waals surface area contributed by atoms with Gasteiger partial charge in [-0.15, -0.1) is 0 Å². The minimum atomic E-state index is -0.400. The summed E-state index contributed by atoms with van der Waals surface area (Å²) in [6.45, 7) is 4.26. The fourth-order valence-corrected chi connectivity index (χ4v) is 2.05. The highest BCUT2D eigenvalue weighted by Crippen LogP contribution is 2.30. The normalized spacial score (nSPS) is 11.3. The maximum Gasteiger partial charge on any atom is 0.336 e. The largest absolute Gasteiger partial charge is 0.506 e. The third-order valence-electron chi connectivity index (χ3n) is 2.89. The van der Waals surface area contributed by atoms with Crippen molar-refractivity contribution < 1.29 is 9.52 Å². The molecule has 0 unspecified atom stereocenters. The highest BCUT2D eigenvalue weighted by molar-refractivity contribution is 6.32. The summed E-state index contributed by atoms with van der Waals surface area (Å²) in [6, 6.07) is 4.53. The molecule has 1 aromatic carbocycles. The lowest BCUT2D eigenvalue weighted by atomic mass is 10.0. The molecule has 0 radical (unpaired) electrons. The molecule has 0 bridgehead atoms. The van der Waals surface area contributed by atoms with Crippen molar-refractivity contribution in [3.8, 4) is 5.75 Å². The molecule has 0 atom stereocenters. The average Bonchev–Trinajstić information content (AvgIpc) is 2.28. The smallest absolute Gasteiger partial charge is 0.336 e. The van der Waals surface area contributed by atoms with Crippen molar-refractivity contribution in [1.82, 2.24) is 0 Å². The standard InChI is InChI=1S/C14H15ClO3/c1-8(2)3-4-9-5-14(17)18-13-7-12(16)11(15)6-10(9)13/h5-8,16H,3-4H2,1-2H3. The molecule has 0 aliphatic rings. The molecule has 0 saturated carbocycles. The van der Waals surface area contributed by atoms with Crippen LogP contribution in [0.3, 0.4) is 0 Å². The first-order chi connectivity index (χ1) is 8.47. The molecule has 96 valence electrons. The number of hydrogen-bond donors (Lipinski definition) is 1. The number of phenolic OH excluding ortho intramolecular Hbond substituents is 1. The van der Waals surface area contributed by atoms with Gasteiger partial charge in [-0.25, -0.2) is 4.79 Å². The van der Waals surface area contributed by atoms with E-state index < -0.39 is 5.63 Å². The van der Waals surface area contributed by atoms with E-state index in [9.17, 15) is 9.90 Å². The van der Waals surface area contributed by atoms with Gasteiger partial charge in [-0.2, -0.15) is 0 Å². The Morgan fingerprint density at radius 2 is 2.06 bits per heavy atom. The van der Waals surface area contributed by atoms with Crippen LogP contribution in [0.2, 0.25) is 5.02 Å². The molecule has 4 heteroatoms. The van der Waals surface area contributed by atoms with Crippen LogP contribution < -0.4 is 5.63 Å². The van der Waals surface area contributed by atoms with Gasteiger partial charge in [0.25, 0.3) is 0 Å². The van der Waals surface area contributed by atoms with Gasteiger partial charge in [0, 0.05) is 17.5 Å². The van der Waals surface area contributed by atoms with E-state index >= 15 is 0 Å². The maximum atomic E-state index is 11.5. The Bertz CT molecular complexity index is 629. The second-order valence-electron chi connectivity index (χ2n) is 4.82. The van der Waals surface area contributed by atoms with Gasteiger partial charge in [-0.3, -0.25) is 0 Å². The lowest BCUT2D eigenvalue weighted by molar-refractivity contribution is 0.473. The van der Waals surface area contributed by atoms with E-state index in [1.165, 1.54) is 12.1 Å². The number of aromatic hydroxyl groups is 1.